The van der Waals surface area contributed by atoms with E-state index >= 15 is 0 Å². The molecular formula is C26H23NO3. The second-order valence-electron chi connectivity index (χ2n) is 8.22. The fourth-order valence-electron chi connectivity index (χ4n) is 4.93. The lowest BCUT2D eigenvalue weighted by atomic mass is 9.88. The van der Waals surface area contributed by atoms with Gasteiger partial charge in [0.15, 0.2) is 0 Å². The number of rotatable bonds is 4. The lowest BCUT2D eigenvalue weighted by molar-refractivity contribution is -0.146. The van der Waals surface area contributed by atoms with Gasteiger partial charge in [-0.2, -0.15) is 0 Å². The Morgan fingerprint density at radius 3 is 2.17 bits per heavy atom. The van der Waals surface area contributed by atoms with Crippen LogP contribution in [-0.2, 0) is 15.0 Å². The molecule has 2 fully saturated rings. The van der Waals surface area contributed by atoms with Crippen LogP contribution in [0.25, 0.3) is 0 Å². The fraction of sp³-hybridized carbons (Fsp3) is 0.231. The third-order valence-corrected chi connectivity index (χ3v) is 6.54. The number of hydrogen-bond donors (Lipinski definition) is 1. The average molecular weight is 397 g/mol. The molecule has 2 aliphatic rings. The summed E-state index contributed by atoms with van der Waals surface area (Å²) in [6.07, 6.45) is 1.67. The molecule has 4 heteroatoms. The zero-order valence-corrected chi connectivity index (χ0v) is 16.6. The van der Waals surface area contributed by atoms with Crippen molar-refractivity contribution in [3.63, 3.8) is 0 Å². The Bertz CT molecular complexity index is 1080. The van der Waals surface area contributed by atoms with Gasteiger partial charge in [0, 0.05) is 12.3 Å². The standard InChI is InChI=1S/C26H23NO3/c28-21-13-11-19(12-14-21)23-15-16-24(29)27(23)25(30)26(20-9-5-2-6-10-20)17-22(26)18-7-3-1-4-8-18/h1-14,22-23,28H,15-17H2/t22-,23+,26-/m1/s1. The molecule has 0 aromatic heterocycles. The normalized spacial score (nSPS) is 25.3. The fourth-order valence-corrected chi connectivity index (χ4v) is 4.93. The van der Waals surface area contributed by atoms with Crippen molar-refractivity contribution in [2.24, 2.45) is 0 Å². The predicted octanol–water partition coefficient (Wildman–Crippen LogP) is 4.71. The molecule has 0 bridgehead atoms. The molecule has 30 heavy (non-hydrogen) atoms. The number of nitrogens with zero attached hydrogens (tertiary/aromatic N) is 1. The molecule has 5 rings (SSSR count). The van der Waals surface area contributed by atoms with Crippen molar-refractivity contribution in [1.82, 2.24) is 4.90 Å². The lowest BCUT2D eigenvalue weighted by Crippen LogP contribution is -2.42. The van der Waals surface area contributed by atoms with E-state index in [4.69, 9.17) is 0 Å². The summed E-state index contributed by atoms with van der Waals surface area (Å²) in [6, 6.07) is 26.5. The monoisotopic (exact) mass is 397 g/mol. The summed E-state index contributed by atoms with van der Waals surface area (Å²) in [5.41, 5.74) is 2.26. The molecule has 3 aromatic rings. The molecule has 1 saturated carbocycles. The first-order valence-electron chi connectivity index (χ1n) is 10.4. The second kappa shape index (κ2) is 7.13. The minimum atomic E-state index is -0.711. The summed E-state index contributed by atoms with van der Waals surface area (Å²) in [5, 5.41) is 9.63. The van der Waals surface area contributed by atoms with Gasteiger partial charge in [0.2, 0.25) is 11.8 Å². The van der Waals surface area contributed by atoms with Crippen molar-refractivity contribution in [2.75, 3.05) is 0 Å². The Morgan fingerprint density at radius 2 is 1.50 bits per heavy atom. The predicted molar refractivity (Wildman–Crippen MR) is 114 cm³/mol. The van der Waals surface area contributed by atoms with Crippen molar-refractivity contribution in [3.8, 4) is 5.75 Å². The maximum absolute atomic E-state index is 14.0. The topological polar surface area (TPSA) is 57.6 Å². The number of phenolic OH excluding ortho intramolecular Hbond substituents is 1. The second-order valence-corrected chi connectivity index (χ2v) is 8.22. The first-order chi connectivity index (χ1) is 14.6. The first-order valence-corrected chi connectivity index (χ1v) is 10.4. The number of phenols is 1. The van der Waals surface area contributed by atoms with Crippen molar-refractivity contribution >= 4 is 11.8 Å². The summed E-state index contributed by atoms with van der Waals surface area (Å²) in [4.78, 5) is 28.4. The van der Waals surface area contributed by atoms with E-state index in [1.165, 1.54) is 4.90 Å². The average Bonchev–Trinajstić information content (AvgIpc) is 3.44. The maximum Gasteiger partial charge on any atom is 0.241 e. The number of imide groups is 1. The summed E-state index contributed by atoms with van der Waals surface area (Å²) in [5.74, 6) is 0.00530. The highest BCUT2D eigenvalue weighted by Gasteiger charge is 2.64. The van der Waals surface area contributed by atoms with Crippen LogP contribution in [0.5, 0.6) is 5.75 Å². The Labute approximate surface area is 175 Å². The van der Waals surface area contributed by atoms with E-state index in [0.717, 1.165) is 16.7 Å². The molecule has 4 nitrogen and oxygen atoms in total. The number of benzene rings is 3. The van der Waals surface area contributed by atoms with Gasteiger partial charge in [0.05, 0.1) is 11.5 Å². The molecule has 1 heterocycles. The van der Waals surface area contributed by atoms with Gasteiger partial charge in [-0.3, -0.25) is 14.5 Å². The molecule has 1 N–H and O–H groups in total. The summed E-state index contributed by atoms with van der Waals surface area (Å²) in [7, 11) is 0. The SMILES string of the molecule is O=C1CC[C@@H](c2ccc(O)cc2)N1C(=O)[C@@]1(c2ccccc2)C[C@@H]1c1ccccc1. The number of carbonyl (C=O) groups excluding carboxylic acids is 2. The highest BCUT2D eigenvalue weighted by Crippen LogP contribution is 2.62. The smallest absolute Gasteiger partial charge is 0.241 e. The third kappa shape index (κ3) is 2.91. The van der Waals surface area contributed by atoms with E-state index in [1.807, 2.05) is 48.5 Å². The van der Waals surface area contributed by atoms with Crippen LogP contribution in [0.4, 0.5) is 0 Å². The molecule has 3 atom stereocenters. The van der Waals surface area contributed by atoms with Crippen molar-refractivity contribution < 1.29 is 14.7 Å². The van der Waals surface area contributed by atoms with E-state index in [1.54, 1.807) is 24.3 Å². The number of carbonyl (C=O) groups is 2. The van der Waals surface area contributed by atoms with Crippen LogP contribution in [0, 0.1) is 0 Å². The Balaban J connectivity index is 1.55. The number of aromatic hydroxyl groups is 1. The van der Waals surface area contributed by atoms with Crippen molar-refractivity contribution in [3.05, 3.63) is 102 Å². The molecule has 2 amide bonds. The maximum atomic E-state index is 14.0. The zero-order valence-electron chi connectivity index (χ0n) is 16.6. The molecule has 0 spiro atoms. The lowest BCUT2D eigenvalue weighted by Gasteiger charge is -2.29. The largest absolute Gasteiger partial charge is 0.508 e. The van der Waals surface area contributed by atoms with E-state index in [0.29, 0.717) is 19.3 Å². The van der Waals surface area contributed by atoms with E-state index in [-0.39, 0.29) is 29.5 Å². The molecule has 0 unspecified atom stereocenters. The molecule has 0 radical (unpaired) electrons. The van der Waals surface area contributed by atoms with Crippen LogP contribution in [0.1, 0.15) is 47.9 Å². The third-order valence-electron chi connectivity index (χ3n) is 6.54. The van der Waals surface area contributed by atoms with Gasteiger partial charge in [-0.1, -0.05) is 72.8 Å². The van der Waals surface area contributed by atoms with Gasteiger partial charge in [-0.25, -0.2) is 0 Å². The van der Waals surface area contributed by atoms with E-state index < -0.39 is 5.41 Å². The van der Waals surface area contributed by atoms with E-state index in [9.17, 15) is 14.7 Å². The molecule has 3 aromatic carbocycles. The zero-order chi connectivity index (χ0) is 20.7. The van der Waals surface area contributed by atoms with Crippen molar-refractivity contribution in [2.45, 2.75) is 36.6 Å². The first kappa shape index (κ1) is 18.6. The van der Waals surface area contributed by atoms with Gasteiger partial charge in [0.25, 0.3) is 0 Å². The van der Waals surface area contributed by atoms with Gasteiger partial charge in [0.1, 0.15) is 5.75 Å². The Kier molecular flexibility index (Phi) is 4.43. The van der Waals surface area contributed by atoms with Crippen LogP contribution < -0.4 is 0 Å². The summed E-state index contributed by atoms with van der Waals surface area (Å²) in [6.45, 7) is 0. The number of likely N-dealkylation sites (tertiary alicyclic amines) is 1. The number of amides is 2. The van der Waals surface area contributed by atoms with Gasteiger partial charge < -0.3 is 5.11 Å². The van der Waals surface area contributed by atoms with Gasteiger partial charge in [-0.15, -0.1) is 0 Å². The molecule has 150 valence electrons. The highest BCUT2D eigenvalue weighted by molar-refractivity contribution is 6.05. The summed E-state index contributed by atoms with van der Waals surface area (Å²) >= 11 is 0. The van der Waals surface area contributed by atoms with Crippen LogP contribution in [0.2, 0.25) is 0 Å². The minimum Gasteiger partial charge on any atom is -0.508 e. The van der Waals surface area contributed by atoms with Crippen molar-refractivity contribution in [1.29, 1.82) is 0 Å². The quantitative estimate of drug-likeness (QED) is 0.649. The van der Waals surface area contributed by atoms with Crippen LogP contribution >= 0.6 is 0 Å². The van der Waals surface area contributed by atoms with Crippen LogP contribution in [0.3, 0.4) is 0 Å². The molecule has 1 saturated heterocycles. The van der Waals surface area contributed by atoms with Gasteiger partial charge >= 0.3 is 0 Å². The minimum absolute atomic E-state index is 0.0578. The Morgan fingerprint density at radius 1 is 0.867 bits per heavy atom. The Hall–Kier alpha value is -3.40. The van der Waals surface area contributed by atoms with Crippen LogP contribution in [-0.4, -0.2) is 21.8 Å². The highest BCUT2D eigenvalue weighted by atomic mass is 16.3. The molecular weight excluding hydrogens is 374 g/mol. The number of hydrogen-bond acceptors (Lipinski definition) is 3. The molecule has 1 aliphatic heterocycles. The summed E-state index contributed by atoms with van der Waals surface area (Å²) < 4.78 is 0. The molecule has 1 aliphatic carbocycles. The van der Waals surface area contributed by atoms with Crippen LogP contribution in [0.15, 0.2) is 84.9 Å². The van der Waals surface area contributed by atoms with Gasteiger partial charge in [-0.05, 0) is 41.7 Å². The van der Waals surface area contributed by atoms with E-state index in [2.05, 4.69) is 12.1 Å².